The minimum atomic E-state index is -0.870. The van der Waals surface area contributed by atoms with Gasteiger partial charge >= 0.3 is 0 Å². The van der Waals surface area contributed by atoms with Gasteiger partial charge in [0.2, 0.25) is 0 Å². The average molecular weight is 122 g/mol. The van der Waals surface area contributed by atoms with Crippen LogP contribution >= 0.6 is 0 Å². The number of aliphatic hydroxyl groups excluding tert-OH is 3. The SMILES string of the molecule is [NH3+]C(O)C(CO)CO. The molecule has 4 nitrogen and oxygen atoms in total. The lowest BCUT2D eigenvalue weighted by atomic mass is 10.1. The lowest BCUT2D eigenvalue weighted by molar-refractivity contribution is -0.498. The van der Waals surface area contributed by atoms with Crippen molar-refractivity contribution >= 4 is 0 Å². The maximum absolute atomic E-state index is 8.58. The molecule has 0 aromatic carbocycles. The highest BCUT2D eigenvalue weighted by atomic mass is 16.3. The fraction of sp³-hybridized carbons (Fsp3) is 1.00. The fourth-order valence-electron chi connectivity index (χ4n) is 0.301. The molecule has 0 fully saturated rings. The first-order chi connectivity index (χ1) is 3.72. The standard InChI is InChI=1S/C4H11NO3/c5-4(8)3(1-6)2-7/h3-4,6-8H,1-2,5H2/p+1. The van der Waals surface area contributed by atoms with Crippen molar-refractivity contribution in [1.29, 1.82) is 0 Å². The van der Waals surface area contributed by atoms with Gasteiger partial charge in [0.15, 0.2) is 6.23 Å². The first-order valence-electron chi connectivity index (χ1n) is 2.45. The van der Waals surface area contributed by atoms with Crippen LogP contribution in [0.25, 0.3) is 0 Å². The summed E-state index contributed by atoms with van der Waals surface area (Å²) in [7, 11) is 0. The number of hydrogen-bond donors (Lipinski definition) is 4. The van der Waals surface area contributed by atoms with Crippen molar-refractivity contribution in [2.75, 3.05) is 13.2 Å². The van der Waals surface area contributed by atoms with Gasteiger partial charge in [-0.15, -0.1) is 0 Å². The van der Waals surface area contributed by atoms with E-state index in [9.17, 15) is 0 Å². The smallest absolute Gasteiger partial charge is 0.193 e. The molecule has 0 aromatic heterocycles. The van der Waals surface area contributed by atoms with E-state index in [2.05, 4.69) is 5.73 Å². The van der Waals surface area contributed by atoms with Crippen molar-refractivity contribution < 1.29 is 21.1 Å². The summed E-state index contributed by atoms with van der Waals surface area (Å²) in [6, 6.07) is 0. The van der Waals surface area contributed by atoms with Crippen LogP contribution in [0.1, 0.15) is 0 Å². The largest absolute Gasteiger partial charge is 0.396 e. The van der Waals surface area contributed by atoms with Gasteiger partial charge in [-0.1, -0.05) is 0 Å². The molecule has 6 N–H and O–H groups in total. The Hall–Kier alpha value is -0.160. The molecule has 0 spiro atoms. The van der Waals surface area contributed by atoms with Gasteiger partial charge in [-0.05, 0) is 0 Å². The summed E-state index contributed by atoms with van der Waals surface area (Å²) in [6.07, 6.45) is -0.870. The summed E-state index contributed by atoms with van der Waals surface area (Å²) in [4.78, 5) is 0. The molecule has 0 rings (SSSR count). The van der Waals surface area contributed by atoms with Crippen molar-refractivity contribution in [2.24, 2.45) is 5.92 Å². The molecule has 0 aromatic rings. The number of aliphatic hydroxyl groups is 3. The molecular formula is C4H12NO3+. The Morgan fingerprint density at radius 2 is 1.62 bits per heavy atom. The summed E-state index contributed by atoms with van der Waals surface area (Å²) in [6.45, 7) is -0.442. The van der Waals surface area contributed by atoms with E-state index in [0.29, 0.717) is 0 Å². The Kier molecular flexibility index (Phi) is 3.72. The zero-order valence-corrected chi connectivity index (χ0v) is 4.62. The summed E-state index contributed by atoms with van der Waals surface area (Å²) >= 11 is 0. The molecule has 0 saturated carbocycles. The molecule has 0 bridgehead atoms. The van der Waals surface area contributed by atoms with Crippen molar-refractivity contribution in [2.45, 2.75) is 6.23 Å². The zero-order chi connectivity index (χ0) is 6.57. The van der Waals surface area contributed by atoms with Crippen LogP contribution in [0.3, 0.4) is 0 Å². The van der Waals surface area contributed by atoms with Crippen LogP contribution in [-0.4, -0.2) is 34.8 Å². The third-order valence-electron chi connectivity index (χ3n) is 1.01. The summed E-state index contributed by atoms with van der Waals surface area (Å²) in [5, 5.41) is 25.3. The molecule has 1 atom stereocenters. The summed E-state index contributed by atoms with van der Waals surface area (Å²) < 4.78 is 0. The molecule has 0 aliphatic carbocycles. The van der Waals surface area contributed by atoms with Crippen LogP contribution in [0.15, 0.2) is 0 Å². The first-order valence-corrected chi connectivity index (χ1v) is 2.45. The average Bonchev–Trinajstić information content (AvgIpc) is 1.69. The van der Waals surface area contributed by atoms with Gasteiger partial charge in [0, 0.05) is 0 Å². The Morgan fingerprint density at radius 1 is 1.25 bits per heavy atom. The quantitative estimate of drug-likeness (QED) is 0.304. The van der Waals surface area contributed by atoms with Gasteiger partial charge in [0.1, 0.15) is 0 Å². The van der Waals surface area contributed by atoms with Crippen LogP contribution in [0.4, 0.5) is 0 Å². The molecule has 0 amide bonds. The highest BCUT2D eigenvalue weighted by Crippen LogP contribution is 1.92. The van der Waals surface area contributed by atoms with Gasteiger partial charge in [-0.2, -0.15) is 0 Å². The van der Waals surface area contributed by atoms with E-state index in [4.69, 9.17) is 15.3 Å². The van der Waals surface area contributed by atoms with Gasteiger partial charge < -0.3 is 21.1 Å². The van der Waals surface area contributed by atoms with E-state index in [1.54, 1.807) is 0 Å². The number of quaternary nitrogens is 1. The molecule has 0 aliphatic rings. The number of hydrogen-bond acceptors (Lipinski definition) is 3. The van der Waals surface area contributed by atoms with E-state index in [-0.39, 0.29) is 13.2 Å². The third-order valence-corrected chi connectivity index (χ3v) is 1.01. The topological polar surface area (TPSA) is 88.3 Å². The van der Waals surface area contributed by atoms with Crippen LogP contribution < -0.4 is 5.73 Å². The molecule has 0 heterocycles. The highest BCUT2D eigenvalue weighted by Gasteiger charge is 2.14. The molecule has 0 radical (unpaired) electrons. The fourth-order valence-corrected chi connectivity index (χ4v) is 0.301. The van der Waals surface area contributed by atoms with Crippen molar-refractivity contribution in [3.8, 4) is 0 Å². The third kappa shape index (κ3) is 2.23. The summed E-state index contributed by atoms with van der Waals surface area (Å²) in [5.41, 5.74) is 3.22. The number of rotatable bonds is 3. The maximum Gasteiger partial charge on any atom is 0.193 e. The van der Waals surface area contributed by atoms with Gasteiger partial charge in [-0.25, -0.2) is 0 Å². The predicted molar refractivity (Wildman–Crippen MR) is 26.6 cm³/mol. The highest BCUT2D eigenvalue weighted by molar-refractivity contribution is 4.53. The lowest BCUT2D eigenvalue weighted by Gasteiger charge is -2.09. The van der Waals surface area contributed by atoms with E-state index >= 15 is 0 Å². The molecule has 4 heteroatoms. The van der Waals surface area contributed by atoms with Gasteiger partial charge in [0.25, 0.3) is 0 Å². The monoisotopic (exact) mass is 122 g/mol. The normalized spacial score (nSPS) is 14.6. The van der Waals surface area contributed by atoms with Crippen LogP contribution in [0.2, 0.25) is 0 Å². The zero-order valence-electron chi connectivity index (χ0n) is 4.62. The Labute approximate surface area is 47.6 Å². The van der Waals surface area contributed by atoms with Crippen LogP contribution in [-0.2, 0) is 0 Å². The molecule has 50 valence electrons. The van der Waals surface area contributed by atoms with E-state index < -0.39 is 12.1 Å². The molecule has 8 heavy (non-hydrogen) atoms. The Balaban J connectivity index is 3.35. The second-order valence-corrected chi connectivity index (χ2v) is 1.69. The lowest BCUT2D eigenvalue weighted by Crippen LogP contribution is -2.65. The van der Waals surface area contributed by atoms with E-state index in [0.717, 1.165) is 0 Å². The maximum atomic E-state index is 8.58. The second-order valence-electron chi connectivity index (χ2n) is 1.69. The minimum absolute atomic E-state index is 0.221. The van der Waals surface area contributed by atoms with E-state index in [1.165, 1.54) is 0 Å². The van der Waals surface area contributed by atoms with Crippen molar-refractivity contribution in [1.82, 2.24) is 0 Å². The molecule has 0 aliphatic heterocycles. The Morgan fingerprint density at radius 3 is 1.62 bits per heavy atom. The van der Waals surface area contributed by atoms with Gasteiger partial charge in [-0.3, -0.25) is 0 Å². The first kappa shape index (κ1) is 7.84. The Bertz CT molecular complexity index is 53.2. The minimum Gasteiger partial charge on any atom is -0.396 e. The van der Waals surface area contributed by atoms with Gasteiger partial charge in [0.05, 0.1) is 19.1 Å². The summed E-state index contributed by atoms with van der Waals surface area (Å²) in [5.74, 6) is -0.491. The predicted octanol–water partition coefficient (Wildman–Crippen LogP) is -2.85. The molecule has 0 saturated heterocycles. The van der Waals surface area contributed by atoms with E-state index in [1.807, 2.05) is 0 Å². The molecule has 1 unspecified atom stereocenters. The second kappa shape index (κ2) is 3.80. The van der Waals surface area contributed by atoms with Crippen molar-refractivity contribution in [3.05, 3.63) is 0 Å². The van der Waals surface area contributed by atoms with Crippen molar-refractivity contribution in [3.63, 3.8) is 0 Å². The van der Waals surface area contributed by atoms with Crippen LogP contribution in [0, 0.1) is 5.92 Å². The van der Waals surface area contributed by atoms with Crippen LogP contribution in [0.5, 0.6) is 0 Å². The molecular weight excluding hydrogens is 110 g/mol.